The number of methoxy groups -OCH3 is 1. The largest absolute Gasteiger partial charge is 0.465 e. The zero-order chi connectivity index (χ0) is 17.0. The molecule has 23 heavy (non-hydrogen) atoms. The van der Waals surface area contributed by atoms with Crippen molar-refractivity contribution < 1.29 is 24.0 Å². The molecule has 1 aromatic rings. The van der Waals surface area contributed by atoms with Crippen LogP contribution in [0, 0.1) is 16.0 Å². The molecule has 9 nitrogen and oxygen atoms in total. The molecule has 2 atom stereocenters. The quantitative estimate of drug-likeness (QED) is 0.461. The summed E-state index contributed by atoms with van der Waals surface area (Å²) in [5.74, 6) is -1.29. The average Bonchev–Trinajstić information content (AvgIpc) is 3.01. The van der Waals surface area contributed by atoms with Gasteiger partial charge in [0.05, 0.1) is 42.8 Å². The lowest BCUT2D eigenvalue weighted by atomic mass is 10.0. The molecule has 0 radical (unpaired) electrons. The lowest BCUT2D eigenvalue weighted by molar-refractivity contribution is -0.384. The summed E-state index contributed by atoms with van der Waals surface area (Å²) in [7, 11) is 2.74. The topological polar surface area (TPSA) is 120 Å². The fourth-order valence-corrected chi connectivity index (χ4v) is 2.40. The Hall–Kier alpha value is -2.68. The first-order valence-electron chi connectivity index (χ1n) is 6.90. The van der Waals surface area contributed by atoms with Crippen molar-refractivity contribution >= 4 is 23.3 Å². The van der Waals surface area contributed by atoms with Crippen molar-refractivity contribution in [2.45, 2.75) is 6.04 Å². The number of rotatable bonds is 5. The number of carbonyl (C=O) groups excluding carboxylic acids is 2. The first kappa shape index (κ1) is 16.7. The van der Waals surface area contributed by atoms with Gasteiger partial charge in [-0.1, -0.05) is 0 Å². The summed E-state index contributed by atoms with van der Waals surface area (Å²) in [5.41, 5.74) is 0.124. The fourth-order valence-electron chi connectivity index (χ4n) is 2.40. The highest BCUT2D eigenvalue weighted by atomic mass is 16.6. The Morgan fingerprint density at radius 1 is 1.39 bits per heavy atom. The van der Waals surface area contributed by atoms with Gasteiger partial charge in [0.2, 0.25) is 5.91 Å². The van der Waals surface area contributed by atoms with Crippen LogP contribution >= 0.6 is 0 Å². The number of hydrogen-bond acceptors (Lipinski definition) is 7. The van der Waals surface area contributed by atoms with Gasteiger partial charge in [0.1, 0.15) is 5.69 Å². The van der Waals surface area contributed by atoms with Gasteiger partial charge in [-0.2, -0.15) is 0 Å². The normalized spacial score (nSPS) is 19.9. The molecule has 124 valence electrons. The molecule has 0 aliphatic carbocycles. The molecule has 9 heteroatoms. The molecule has 1 amide bonds. The molecule has 2 rings (SSSR count). The van der Waals surface area contributed by atoms with Crippen LogP contribution in [0.5, 0.6) is 0 Å². The summed E-state index contributed by atoms with van der Waals surface area (Å²) in [4.78, 5) is 34.0. The summed E-state index contributed by atoms with van der Waals surface area (Å²) < 4.78 is 9.89. The molecular formula is C14H17N3O6. The maximum Gasteiger partial charge on any atom is 0.337 e. The van der Waals surface area contributed by atoms with E-state index in [1.54, 1.807) is 0 Å². The van der Waals surface area contributed by atoms with Crippen LogP contribution in [0.25, 0.3) is 0 Å². The van der Waals surface area contributed by atoms with Gasteiger partial charge in [-0.05, 0) is 12.1 Å². The molecule has 0 bridgehead atoms. The first-order valence-corrected chi connectivity index (χ1v) is 6.90. The van der Waals surface area contributed by atoms with Crippen molar-refractivity contribution in [1.29, 1.82) is 0 Å². The third-order valence-corrected chi connectivity index (χ3v) is 3.62. The molecular weight excluding hydrogens is 306 g/mol. The Morgan fingerprint density at radius 2 is 2.13 bits per heavy atom. The van der Waals surface area contributed by atoms with E-state index in [0.29, 0.717) is 0 Å². The molecule has 2 N–H and O–H groups in total. The maximum atomic E-state index is 11.8. The van der Waals surface area contributed by atoms with Crippen molar-refractivity contribution in [2.24, 2.45) is 5.92 Å². The van der Waals surface area contributed by atoms with Crippen LogP contribution in [0.1, 0.15) is 10.4 Å². The van der Waals surface area contributed by atoms with E-state index in [9.17, 15) is 19.7 Å². The zero-order valence-electron chi connectivity index (χ0n) is 12.7. The van der Waals surface area contributed by atoms with Crippen molar-refractivity contribution in [1.82, 2.24) is 5.32 Å². The highest BCUT2D eigenvalue weighted by molar-refractivity contribution is 5.91. The minimum Gasteiger partial charge on any atom is -0.465 e. The number of nitro groups is 1. The van der Waals surface area contributed by atoms with E-state index in [-0.39, 0.29) is 36.1 Å². The van der Waals surface area contributed by atoms with Crippen molar-refractivity contribution in [3.05, 3.63) is 33.9 Å². The summed E-state index contributed by atoms with van der Waals surface area (Å²) in [6, 6.07) is 3.44. The standard InChI is InChI=1S/C14H17N3O6/c1-15-13(18)9-6-23-7-11(9)16-10-5-8(14(19)22-2)3-4-12(10)17(20)21/h3-5,9,11,16H,6-7H2,1-2H3,(H,15,18)/t9-,11+/m1/s1. The minimum absolute atomic E-state index is 0.141. The highest BCUT2D eigenvalue weighted by Crippen LogP contribution is 2.29. The Bertz CT molecular complexity index is 633. The van der Waals surface area contributed by atoms with E-state index in [2.05, 4.69) is 15.4 Å². The molecule has 1 aliphatic heterocycles. The smallest absolute Gasteiger partial charge is 0.337 e. The SMILES string of the molecule is CNC(=O)[C@@H]1COC[C@@H]1Nc1cc(C(=O)OC)ccc1[N+](=O)[O-]. The Balaban J connectivity index is 2.31. The summed E-state index contributed by atoms with van der Waals surface area (Å²) in [5, 5.41) is 16.6. The number of nitrogens with zero attached hydrogens (tertiary/aromatic N) is 1. The van der Waals surface area contributed by atoms with Gasteiger partial charge < -0.3 is 20.1 Å². The predicted octanol–water partition coefficient (Wildman–Crippen LogP) is 0.554. The number of ether oxygens (including phenoxy) is 2. The summed E-state index contributed by atoms with van der Waals surface area (Å²) >= 11 is 0. The number of benzene rings is 1. The second-order valence-corrected chi connectivity index (χ2v) is 4.99. The molecule has 1 saturated heterocycles. The lowest BCUT2D eigenvalue weighted by Crippen LogP contribution is -2.39. The van der Waals surface area contributed by atoms with E-state index < -0.39 is 22.9 Å². The third kappa shape index (κ3) is 3.57. The number of nitro benzene ring substituents is 1. The highest BCUT2D eigenvalue weighted by Gasteiger charge is 2.34. The number of carbonyl (C=O) groups is 2. The van der Waals surface area contributed by atoms with E-state index >= 15 is 0 Å². The van der Waals surface area contributed by atoms with Crippen LogP contribution in [0.2, 0.25) is 0 Å². The molecule has 1 fully saturated rings. The van der Waals surface area contributed by atoms with Crippen LogP contribution in [0.15, 0.2) is 18.2 Å². The molecule has 0 spiro atoms. The molecule has 0 unspecified atom stereocenters. The molecule has 1 aromatic carbocycles. The van der Waals surface area contributed by atoms with Crippen LogP contribution < -0.4 is 10.6 Å². The Kier molecular flexibility index (Phi) is 5.12. The number of anilines is 1. The van der Waals surface area contributed by atoms with Gasteiger partial charge in [0, 0.05) is 13.1 Å². The second kappa shape index (κ2) is 7.05. The third-order valence-electron chi connectivity index (χ3n) is 3.62. The van der Waals surface area contributed by atoms with Crippen molar-refractivity contribution in [2.75, 3.05) is 32.7 Å². The predicted molar refractivity (Wildman–Crippen MR) is 80.2 cm³/mol. The lowest BCUT2D eigenvalue weighted by Gasteiger charge is -2.19. The van der Waals surface area contributed by atoms with Crippen molar-refractivity contribution in [3.63, 3.8) is 0 Å². The zero-order valence-corrected chi connectivity index (χ0v) is 12.7. The van der Waals surface area contributed by atoms with E-state index in [1.807, 2.05) is 0 Å². The summed E-state index contributed by atoms with van der Waals surface area (Å²) in [6.45, 7) is 0.458. The molecule has 0 saturated carbocycles. The van der Waals surface area contributed by atoms with Gasteiger partial charge in [-0.25, -0.2) is 4.79 Å². The van der Waals surface area contributed by atoms with Crippen LogP contribution in [0.3, 0.4) is 0 Å². The molecule has 1 heterocycles. The minimum atomic E-state index is -0.603. The van der Waals surface area contributed by atoms with E-state index in [1.165, 1.54) is 32.4 Å². The Labute approximate surface area is 132 Å². The van der Waals surface area contributed by atoms with E-state index in [0.717, 1.165) is 0 Å². The van der Waals surface area contributed by atoms with Gasteiger partial charge in [0.15, 0.2) is 0 Å². The average molecular weight is 323 g/mol. The number of nitrogens with one attached hydrogen (secondary N) is 2. The maximum absolute atomic E-state index is 11.8. The van der Waals surface area contributed by atoms with Gasteiger partial charge in [-0.3, -0.25) is 14.9 Å². The summed E-state index contributed by atoms with van der Waals surface area (Å²) in [6.07, 6.45) is 0. The van der Waals surface area contributed by atoms with E-state index in [4.69, 9.17) is 4.74 Å². The number of amides is 1. The Morgan fingerprint density at radius 3 is 2.74 bits per heavy atom. The molecule has 1 aliphatic rings. The van der Waals surface area contributed by atoms with Gasteiger partial charge in [-0.15, -0.1) is 0 Å². The molecule has 0 aromatic heterocycles. The number of hydrogen-bond donors (Lipinski definition) is 2. The monoisotopic (exact) mass is 323 g/mol. The number of esters is 1. The van der Waals surface area contributed by atoms with Gasteiger partial charge in [0.25, 0.3) is 5.69 Å². The van der Waals surface area contributed by atoms with Crippen LogP contribution in [-0.2, 0) is 14.3 Å². The van der Waals surface area contributed by atoms with Crippen LogP contribution in [-0.4, -0.2) is 50.2 Å². The van der Waals surface area contributed by atoms with Gasteiger partial charge >= 0.3 is 5.97 Å². The first-order chi connectivity index (χ1) is 11.0. The second-order valence-electron chi connectivity index (χ2n) is 4.99. The van der Waals surface area contributed by atoms with Crippen LogP contribution in [0.4, 0.5) is 11.4 Å². The fraction of sp³-hybridized carbons (Fsp3) is 0.429. The van der Waals surface area contributed by atoms with Crippen molar-refractivity contribution in [3.8, 4) is 0 Å².